The molecule has 0 bridgehead atoms. The molecule has 0 aliphatic carbocycles. The van der Waals surface area contributed by atoms with E-state index in [0.717, 1.165) is 23.7 Å². The van der Waals surface area contributed by atoms with Crippen molar-refractivity contribution in [1.29, 1.82) is 0 Å². The lowest BCUT2D eigenvalue weighted by molar-refractivity contribution is 0.499. The van der Waals surface area contributed by atoms with E-state index in [-0.39, 0.29) is 17.5 Å². The molecule has 1 saturated heterocycles. The summed E-state index contributed by atoms with van der Waals surface area (Å²) in [7, 11) is -2.99. The maximum absolute atomic E-state index is 11.9. The summed E-state index contributed by atoms with van der Waals surface area (Å²) in [5.74, 6) is 3.30. The van der Waals surface area contributed by atoms with E-state index in [4.69, 9.17) is 0 Å². The smallest absolute Gasteiger partial charge is 0.177 e. The van der Waals surface area contributed by atoms with Gasteiger partial charge in [0.25, 0.3) is 0 Å². The first-order valence-corrected chi connectivity index (χ1v) is 11.1. The molecular weight excluding hydrogens is 346 g/mol. The van der Waals surface area contributed by atoms with Crippen LogP contribution in [0.2, 0.25) is 0 Å². The second-order valence-electron chi connectivity index (χ2n) is 6.04. The topological polar surface area (TPSA) is 90.6 Å². The first-order chi connectivity index (χ1) is 11.4. The third-order valence-electron chi connectivity index (χ3n) is 3.95. The van der Waals surface area contributed by atoms with Gasteiger partial charge < -0.3 is 0 Å². The molecule has 0 N–H and O–H groups in total. The molecule has 3 heterocycles. The van der Waals surface area contributed by atoms with Gasteiger partial charge in [-0.15, -0.1) is 0 Å². The quantitative estimate of drug-likeness (QED) is 0.793. The summed E-state index contributed by atoms with van der Waals surface area (Å²) in [5, 5.41) is 4.60. The third-order valence-corrected chi connectivity index (χ3v) is 6.32. The van der Waals surface area contributed by atoms with E-state index in [1.54, 1.807) is 16.4 Å². The largest absolute Gasteiger partial charge is 0.240 e. The van der Waals surface area contributed by atoms with E-state index >= 15 is 0 Å². The Hall–Kier alpha value is -1.48. The molecule has 2 aromatic heterocycles. The van der Waals surface area contributed by atoms with Crippen LogP contribution in [0.1, 0.15) is 29.8 Å². The lowest BCUT2D eigenvalue weighted by atomic mass is 10.2. The Kier molecular flexibility index (Phi) is 4.91. The summed E-state index contributed by atoms with van der Waals surface area (Å²) < 4.78 is 25.5. The predicted molar refractivity (Wildman–Crippen MR) is 94.9 cm³/mol. The average molecular weight is 368 g/mol. The van der Waals surface area contributed by atoms with Crippen LogP contribution in [0.5, 0.6) is 0 Å². The monoisotopic (exact) mass is 367 g/mol. The Morgan fingerprint density at radius 3 is 2.71 bits per heavy atom. The third kappa shape index (κ3) is 3.77. The molecule has 3 rings (SSSR count). The molecule has 1 fully saturated rings. The van der Waals surface area contributed by atoms with Crippen molar-refractivity contribution in [3.05, 3.63) is 23.4 Å². The molecule has 1 aliphatic rings. The second kappa shape index (κ2) is 6.79. The minimum atomic E-state index is -2.99. The Bertz CT molecular complexity index is 827. The summed E-state index contributed by atoms with van der Waals surface area (Å²) in [5.41, 5.74) is 1.56. The zero-order valence-corrected chi connectivity index (χ0v) is 15.7. The van der Waals surface area contributed by atoms with E-state index in [2.05, 4.69) is 20.1 Å². The minimum Gasteiger partial charge on any atom is -0.240 e. The van der Waals surface area contributed by atoms with Crippen LogP contribution in [0.4, 0.5) is 0 Å². The van der Waals surface area contributed by atoms with Gasteiger partial charge in [-0.3, -0.25) is 0 Å². The van der Waals surface area contributed by atoms with Crippen LogP contribution < -0.4 is 0 Å². The Morgan fingerprint density at radius 2 is 2.08 bits per heavy atom. The van der Waals surface area contributed by atoms with Crippen molar-refractivity contribution < 1.29 is 8.42 Å². The van der Waals surface area contributed by atoms with Crippen molar-refractivity contribution in [3.8, 4) is 11.5 Å². The van der Waals surface area contributed by atoms with Gasteiger partial charge >= 0.3 is 0 Å². The second-order valence-corrected chi connectivity index (χ2v) is 9.25. The van der Waals surface area contributed by atoms with E-state index in [1.807, 2.05) is 26.2 Å². The highest BCUT2D eigenvalue weighted by Gasteiger charge is 2.32. The van der Waals surface area contributed by atoms with Gasteiger partial charge in [0.05, 0.1) is 17.5 Å². The van der Waals surface area contributed by atoms with Gasteiger partial charge in [0.15, 0.2) is 21.5 Å². The first kappa shape index (κ1) is 17.3. The number of thioether (sulfide) groups is 1. The maximum Gasteiger partial charge on any atom is 0.177 e. The fourth-order valence-corrected chi connectivity index (χ4v) is 4.97. The summed E-state index contributed by atoms with van der Waals surface area (Å²) in [4.78, 5) is 13.4. The molecule has 0 saturated carbocycles. The molecule has 130 valence electrons. The summed E-state index contributed by atoms with van der Waals surface area (Å²) in [6, 6.07) is 1.70. The first-order valence-electron chi connectivity index (χ1n) is 7.85. The SMILES string of the molecule is CSCCc1nc(-c2cc(C)nc(C)n2)n([C@@H]2CCS(=O)(=O)C2)n1. The number of hydrogen-bond acceptors (Lipinski definition) is 7. The van der Waals surface area contributed by atoms with E-state index < -0.39 is 9.84 Å². The number of aryl methyl sites for hydroxylation is 3. The van der Waals surface area contributed by atoms with Crippen LogP contribution in [0.3, 0.4) is 0 Å². The molecule has 2 aromatic rings. The lowest BCUT2D eigenvalue weighted by Gasteiger charge is -2.11. The fourth-order valence-electron chi connectivity index (χ4n) is 2.90. The molecule has 1 aliphatic heterocycles. The van der Waals surface area contributed by atoms with Crippen LogP contribution in [-0.4, -0.2) is 56.7 Å². The van der Waals surface area contributed by atoms with E-state index in [9.17, 15) is 8.42 Å². The van der Waals surface area contributed by atoms with Gasteiger partial charge in [-0.1, -0.05) is 0 Å². The molecule has 9 heteroatoms. The van der Waals surface area contributed by atoms with Crippen molar-refractivity contribution in [3.63, 3.8) is 0 Å². The highest BCUT2D eigenvalue weighted by atomic mass is 32.2. The van der Waals surface area contributed by atoms with Crippen molar-refractivity contribution in [2.45, 2.75) is 32.7 Å². The van der Waals surface area contributed by atoms with Crippen LogP contribution in [0, 0.1) is 13.8 Å². The Labute approximate surface area is 146 Å². The van der Waals surface area contributed by atoms with Crippen molar-refractivity contribution in [1.82, 2.24) is 24.7 Å². The van der Waals surface area contributed by atoms with Crippen LogP contribution in [-0.2, 0) is 16.3 Å². The normalized spacial score (nSPS) is 19.7. The van der Waals surface area contributed by atoms with Crippen molar-refractivity contribution >= 4 is 21.6 Å². The number of sulfone groups is 1. The van der Waals surface area contributed by atoms with Gasteiger partial charge in [-0.25, -0.2) is 28.1 Å². The summed E-state index contributed by atoms with van der Waals surface area (Å²) in [6.07, 6.45) is 3.37. The van der Waals surface area contributed by atoms with Crippen molar-refractivity contribution in [2.24, 2.45) is 0 Å². The fraction of sp³-hybridized carbons (Fsp3) is 0.600. The highest BCUT2D eigenvalue weighted by molar-refractivity contribution is 7.98. The summed E-state index contributed by atoms with van der Waals surface area (Å²) >= 11 is 1.73. The number of aromatic nitrogens is 5. The maximum atomic E-state index is 11.9. The summed E-state index contributed by atoms with van der Waals surface area (Å²) in [6.45, 7) is 3.75. The Balaban J connectivity index is 2.04. The van der Waals surface area contributed by atoms with Gasteiger partial charge in [-0.05, 0) is 32.6 Å². The Morgan fingerprint density at radius 1 is 1.29 bits per heavy atom. The van der Waals surface area contributed by atoms with Crippen LogP contribution in [0.15, 0.2) is 6.07 Å². The highest BCUT2D eigenvalue weighted by Crippen LogP contribution is 2.28. The number of hydrogen-bond donors (Lipinski definition) is 0. The van der Waals surface area contributed by atoms with Gasteiger partial charge in [-0.2, -0.15) is 16.9 Å². The molecular formula is C15H21N5O2S2. The van der Waals surface area contributed by atoms with Crippen molar-refractivity contribution in [2.75, 3.05) is 23.5 Å². The van der Waals surface area contributed by atoms with Gasteiger partial charge in [0, 0.05) is 17.9 Å². The molecule has 0 unspecified atom stereocenters. The number of nitrogens with zero attached hydrogens (tertiary/aromatic N) is 5. The van der Waals surface area contributed by atoms with E-state index in [1.165, 1.54) is 0 Å². The zero-order valence-electron chi connectivity index (χ0n) is 14.1. The van der Waals surface area contributed by atoms with Gasteiger partial charge in [0.1, 0.15) is 11.5 Å². The standard InChI is InChI=1S/C15H21N5O2S2/c1-10-8-13(17-11(2)16-10)15-18-14(4-6-23-3)19-20(15)12-5-7-24(21,22)9-12/h8,12H,4-7,9H2,1-3H3/t12-/m1/s1. The predicted octanol–water partition coefficient (Wildman–Crippen LogP) is 1.62. The molecule has 0 aromatic carbocycles. The van der Waals surface area contributed by atoms with Crippen LogP contribution in [0.25, 0.3) is 11.5 Å². The van der Waals surface area contributed by atoms with Crippen LogP contribution >= 0.6 is 11.8 Å². The zero-order chi connectivity index (χ0) is 17.3. The van der Waals surface area contributed by atoms with E-state index in [0.29, 0.717) is 23.8 Å². The lowest BCUT2D eigenvalue weighted by Crippen LogP contribution is -2.14. The molecule has 0 amide bonds. The molecule has 0 radical (unpaired) electrons. The molecule has 1 atom stereocenters. The molecule has 24 heavy (non-hydrogen) atoms. The molecule has 0 spiro atoms. The van der Waals surface area contributed by atoms with Gasteiger partial charge in [0.2, 0.25) is 0 Å². The average Bonchev–Trinajstić information content (AvgIpc) is 3.07. The minimum absolute atomic E-state index is 0.119. The number of rotatable bonds is 5. The molecule has 7 nitrogen and oxygen atoms in total.